The van der Waals surface area contributed by atoms with E-state index in [4.69, 9.17) is 29.9 Å². The average Bonchev–Trinajstić information content (AvgIpc) is 3.83. The minimum atomic E-state index is 0.668. The van der Waals surface area contributed by atoms with E-state index in [1.165, 1.54) is 24.1 Å². The Kier molecular flexibility index (Phi) is 7.82. The van der Waals surface area contributed by atoms with Crippen LogP contribution in [-0.2, 0) is 25.7 Å². The minimum absolute atomic E-state index is 0.668. The Hall–Kier alpha value is -6.87. The van der Waals surface area contributed by atoms with Crippen molar-refractivity contribution >= 4 is 22.5 Å². The largest absolute Gasteiger partial charge is 0.260 e. The highest BCUT2D eigenvalue weighted by Gasteiger charge is 2.23. The van der Waals surface area contributed by atoms with Gasteiger partial charge in [-0.2, -0.15) is 0 Å². The standard InChI is InChI=1S/C47H37N9/c1-2-10-37-36(9-1)29-40-46(51-37)55(41-13-5-7-27-48-41)44(53-40)34-23-19-32(20-24-34)30-15-17-31(18-16-30)33-21-25-35(26-22-33)45-54-43-47(56(45)42-14-6-8-28-49-42)52-39-12-4-3-11-38(39)50-43/h5-8,13-29H,1-4,9-12H2. The topological polar surface area (TPSA) is 100 Å². The van der Waals surface area contributed by atoms with Gasteiger partial charge in [-0.05, 0) is 110 Å². The van der Waals surface area contributed by atoms with Gasteiger partial charge in [-0.15, -0.1) is 0 Å². The first-order chi connectivity index (χ1) is 27.7. The van der Waals surface area contributed by atoms with Crippen LogP contribution < -0.4 is 0 Å². The van der Waals surface area contributed by atoms with Crippen LogP contribution in [0.5, 0.6) is 0 Å². The number of rotatable bonds is 6. The van der Waals surface area contributed by atoms with E-state index in [-0.39, 0.29) is 0 Å². The summed E-state index contributed by atoms with van der Waals surface area (Å²) in [5.41, 5.74) is 14.5. The highest BCUT2D eigenvalue weighted by Crippen LogP contribution is 2.34. The Morgan fingerprint density at radius 1 is 0.393 bits per heavy atom. The van der Waals surface area contributed by atoms with Gasteiger partial charge in [-0.3, -0.25) is 9.13 Å². The van der Waals surface area contributed by atoms with Crippen molar-refractivity contribution in [1.29, 1.82) is 0 Å². The van der Waals surface area contributed by atoms with Crippen molar-refractivity contribution in [2.24, 2.45) is 0 Å². The molecule has 0 radical (unpaired) electrons. The molecule has 0 atom stereocenters. The molecule has 0 N–H and O–H groups in total. The molecule has 9 heteroatoms. The zero-order valence-electron chi connectivity index (χ0n) is 30.8. The highest BCUT2D eigenvalue weighted by atomic mass is 15.2. The monoisotopic (exact) mass is 727 g/mol. The van der Waals surface area contributed by atoms with E-state index in [1.807, 2.05) is 47.2 Å². The third-order valence-corrected chi connectivity index (χ3v) is 11.2. The summed E-state index contributed by atoms with van der Waals surface area (Å²) < 4.78 is 4.15. The summed E-state index contributed by atoms with van der Waals surface area (Å²) in [5.74, 6) is 3.24. The maximum absolute atomic E-state index is 5.14. The first-order valence-electron chi connectivity index (χ1n) is 19.6. The predicted octanol–water partition coefficient (Wildman–Crippen LogP) is 9.76. The van der Waals surface area contributed by atoms with Crippen molar-refractivity contribution in [3.05, 3.63) is 150 Å². The number of hydrogen-bond donors (Lipinski definition) is 0. The average molecular weight is 728 g/mol. The van der Waals surface area contributed by atoms with E-state index >= 15 is 0 Å². The van der Waals surface area contributed by atoms with Gasteiger partial charge < -0.3 is 0 Å². The molecule has 9 aromatic rings. The molecule has 0 unspecified atom stereocenters. The van der Waals surface area contributed by atoms with Crippen molar-refractivity contribution in [3.63, 3.8) is 0 Å². The molecular formula is C47H37N9. The van der Waals surface area contributed by atoms with Crippen molar-refractivity contribution in [3.8, 4) is 56.7 Å². The molecule has 0 saturated carbocycles. The molecular weight excluding hydrogens is 691 g/mol. The Morgan fingerprint density at radius 3 is 1.41 bits per heavy atom. The Balaban J connectivity index is 0.887. The van der Waals surface area contributed by atoms with Gasteiger partial charge in [0.15, 0.2) is 16.9 Å². The lowest BCUT2D eigenvalue weighted by atomic mass is 9.96. The fourth-order valence-electron chi connectivity index (χ4n) is 8.34. The fraction of sp³-hybridized carbons (Fsp3) is 0.170. The number of hydrogen-bond acceptors (Lipinski definition) is 7. The summed E-state index contributed by atoms with van der Waals surface area (Å²) in [7, 11) is 0. The molecule has 0 spiro atoms. The zero-order chi connectivity index (χ0) is 37.0. The molecule has 0 fully saturated rings. The lowest BCUT2D eigenvalue weighted by Gasteiger charge is -2.14. The SMILES string of the molecule is c1ccc(-n2c(-c3ccc(-c4ccc(-c5ccc(-c6nc7nc8c(nc7n6-c6ccccn6)CCCC8)cc5)cc4)cc3)nc3cc4c(nc32)CCCC4)nc1. The molecule has 2 aliphatic carbocycles. The molecule has 2 aliphatic rings. The summed E-state index contributed by atoms with van der Waals surface area (Å²) in [6.45, 7) is 0. The van der Waals surface area contributed by atoms with Crippen LogP contribution in [0.3, 0.4) is 0 Å². The minimum Gasteiger partial charge on any atom is -0.260 e. The van der Waals surface area contributed by atoms with Gasteiger partial charge in [-0.1, -0.05) is 84.9 Å². The van der Waals surface area contributed by atoms with Gasteiger partial charge >= 0.3 is 0 Å². The van der Waals surface area contributed by atoms with Crippen LogP contribution in [0, 0.1) is 0 Å². The number of fused-ring (bicyclic) bond motifs is 4. The Morgan fingerprint density at radius 2 is 0.857 bits per heavy atom. The summed E-state index contributed by atoms with van der Waals surface area (Å²) >= 11 is 0. The first kappa shape index (κ1) is 32.6. The van der Waals surface area contributed by atoms with E-state index in [0.717, 1.165) is 123 Å². The second kappa shape index (κ2) is 13.5. The lowest BCUT2D eigenvalue weighted by Crippen LogP contribution is -2.09. The number of pyridine rings is 3. The van der Waals surface area contributed by atoms with Crippen LogP contribution >= 0.6 is 0 Å². The Bertz CT molecular complexity index is 2680. The maximum atomic E-state index is 5.14. The molecule has 270 valence electrons. The van der Waals surface area contributed by atoms with Crippen molar-refractivity contribution in [1.82, 2.24) is 44.0 Å². The fourth-order valence-corrected chi connectivity index (χ4v) is 8.34. The molecule has 6 aromatic heterocycles. The van der Waals surface area contributed by atoms with E-state index in [9.17, 15) is 0 Å². The van der Waals surface area contributed by atoms with Gasteiger partial charge in [0.2, 0.25) is 0 Å². The number of aromatic nitrogens is 9. The summed E-state index contributed by atoms with van der Waals surface area (Å²) in [6, 6.07) is 40.1. The molecule has 0 saturated heterocycles. The van der Waals surface area contributed by atoms with Crippen LogP contribution in [0.2, 0.25) is 0 Å². The van der Waals surface area contributed by atoms with Crippen LogP contribution in [0.4, 0.5) is 0 Å². The van der Waals surface area contributed by atoms with Crippen molar-refractivity contribution < 1.29 is 0 Å². The van der Waals surface area contributed by atoms with Crippen LogP contribution in [-0.4, -0.2) is 44.0 Å². The van der Waals surface area contributed by atoms with Gasteiger partial charge in [-0.25, -0.2) is 34.9 Å². The first-order valence-corrected chi connectivity index (χ1v) is 19.6. The Labute approximate surface area is 323 Å². The van der Waals surface area contributed by atoms with Crippen molar-refractivity contribution in [2.75, 3.05) is 0 Å². The predicted molar refractivity (Wildman–Crippen MR) is 220 cm³/mol. The lowest BCUT2D eigenvalue weighted by molar-refractivity contribution is 0.653. The molecule has 0 aliphatic heterocycles. The molecule has 3 aromatic carbocycles. The second-order valence-corrected chi connectivity index (χ2v) is 14.8. The van der Waals surface area contributed by atoms with Gasteiger partial charge in [0.1, 0.15) is 28.8 Å². The summed E-state index contributed by atoms with van der Waals surface area (Å²) in [4.78, 5) is 34.7. The number of benzene rings is 3. The molecule has 0 amide bonds. The number of imidazole rings is 2. The van der Waals surface area contributed by atoms with Crippen LogP contribution in [0.1, 0.15) is 48.3 Å². The van der Waals surface area contributed by atoms with Gasteiger partial charge in [0, 0.05) is 29.2 Å². The third-order valence-electron chi connectivity index (χ3n) is 11.2. The second-order valence-electron chi connectivity index (χ2n) is 14.8. The number of nitrogens with zero attached hydrogens (tertiary/aromatic N) is 9. The van der Waals surface area contributed by atoms with Gasteiger partial charge in [0.05, 0.1) is 11.4 Å². The quantitative estimate of drug-likeness (QED) is 0.168. The highest BCUT2D eigenvalue weighted by molar-refractivity contribution is 5.82. The molecule has 0 bridgehead atoms. The van der Waals surface area contributed by atoms with E-state index in [2.05, 4.69) is 88.4 Å². The van der Waals surface area contributed by atoms with Crippen LogP contribution in [0.25, 0.3) is 79.1 Å². The summed E-state index contributed by atoms with van der Waals surface area (Å²) in [6.07, 6.45) is 12.3. The van der Waals surface area contributed by atoms with E-state index in [1.54, 1.807) is 6.20 Å². The third kappa shape index (κ3) is 5.66. The molecule has 56 heavy (non-hydrogen) atoms. The van der Waals surface area contributed by atoms with E-state index in [0.29, 0.717) is 5.65 Å². The van der Waals surface area contributed by atoms with E-state index < -0.39 is 0 Å². The molecule has 9 nitrogen and oxygen atoms in total. The normalized spacial score (nSPS) is 13.9. The maximum Gasteiger partial charge on any atom is 0.198 e. The van der Waals surface area contributed by atoms with Crippen molar-refractivity contribution in [2.45, 2.75) is 51.4 Å². The van der Waals surface area contributed by atoms with Gasteiger partial charge in [0.25, 0.3) is 0 Å². The van der Waals surface area contributed by atoms with Crippen LogP contribution in [0.15, 0.2) is 128 Å². The summed E-state index contributed by atoms with van der Waals surface area (Å²) in [5, 5.41) is 0. The number of aryl methyl sites for hydroxylation is 4. The molecule has 6 heterocycles. The smallest absolute Gasteiger partial charge is 0.198 e. The zero-order valence-corrected chi connectivity index (χ0v) is 30.8. The molecule has 11 rings (SSSR count).